The second-order valence-electron chi connectivity index (χ2n) is 10.2. The average Bonchev–Trinajstić information content (AvgIpc) is 2.67. The first-order valence-corrected chi connectivity index (χ1v) is 11.9. The highest BCUT2D eigenvalue weighted by Gasteiger charge is 2.28. The van der Waals surface area contributed by atoms with Gasteiger partial charge in [-0.1, -0.05) is 13.8 Å². The van der Waals surface area contributed by atoms with Crippen LogP contribution in [0.3, 0.4) is 0 Å². The quantitative estimate of drug-likeness (QED) is 0.674. The minimum atomic E-state index is 0.733. The Morgan fingerprint density at radius 1 is 0.704 bits per heavy atom. The molecular weight excluding hydrogens is 332 g/mol. The molecule has 158 valence electrons. The van der Waals surface area contributed by atoms with E-state index in [1.807, 2.05) is 0 Å². The molecule has 0 radical (unpaired) electrons. The highest BCUT2D eigenvalue weighted by atomic mass is 15.3. The Hall–Kier alpha value is -0.160. The smallest absolute Gasteiger partial charge is 0.0121 e. The second-order valence-corrected chi connectivity index (χ2v) is 10.2. The number of hydrogen-bond donors (Lipinski definition) is 0. The van der Waals surface area contributed by atoms with Gasteiger partial charge in [0, 0.05) is 44.8 Å². The van der Waals surface area contributed by atoms with Gasteiger partial charge in [0.2, 0.25) is 0 Å². The van der Waals surface area contributed by atoms with Gasteiger partial charge >= 0.3 is 0 Å². The monoisotopic (exact) mass is 378 g/mol. The summed E-state index contributed by atoms with van der Waals surface area (Å²) in [5.74, 6) is 1.78. The summed E-state index contributed by atoms with van der Waals surface area (Å²) in [5, 5.41) is 0. The van der Waals surface area contributed by atoms with Gasteiger partial charge in [-0.15, -0.1) is 0 Å². The van der Waals surface area contributed by atoms with Crippen LogP contribution in [0.2, 0.25) is 0 Å². The predicted octanol–water partition coefficient (Wildman–Crippen LogP) is 3.23. The van der Waals surface area contributed by atoms with Gasteiger partial charge in [-0.2, -0.15) is 0 Å². The lowest BCUT2D eigenvalue weighted by Crippen LogP contribution is -2.53. The van der Waals surface area contributed by atoms with Crippen LogP contribution in [0.15, 0.2) is 0 Å². The predicted molar refractivity (Wildman–Crippen MR) is 116 cm³/mol. The van der Waals surface area contributed by atoms with E-state index in [0.717, 1.165) is 23.9 Å². The van der Waals surface area contributed by atoms with E-state index in [1.165, 1.54) is 97.6 Å². The number of piperidine rings is 2. The van der Waals surface area contributed by atoms with Crippen molar-refractivity contribution in [1.82, 2.24) is 19.6 Å². The van der Waals surface area contributed by atoms with E-state index in [0.29, 0.717) is 0 Å². The zero-order valence-corrected chi connectivity index (χ0v) is 18.7. The maximum atomic E-state index is 2.81. The molecule has 0 bridgehead atoms. The van der Waals surface area contributed by atoms with Crippen molar-refractivity contribution in [1.29, 1.82) is 0 Å². The molecule has 0 unspecified atom stereocenters. The fourth-order valence-electron chi connectivity index (χ4n) is 5.46. The van der Waals surface area contributed by atoms with Crippen molar-refractivity contribution >= 4 is 0 Å². The molecule has 3 aliphatic rings. The van der Waals surface area contributed by atoms with Crippen molar-refractivity contribution in [3.05, 3.63) is 0 Å². The molecule has 0 amide bonds. The van der Waals surface area contributed by atoms with E-state index in [4.69, 9.17) is 0 Å². The topological polar surface area (TPSA) is 13.0 Å². The first-order chi connectivity index (χ1) is 13.0. The Labute approximate surface area is 169 Å². The van der Waals surface area contributed by atoms with Gasteiger partial charge in [-0.3, -0.25) is 4.90 Å². The van der Waals surface area contributed by atoms with Gasteiger partial charge in [0.15, 0.2) is 0 Å². The van der Waals surface area contributed by atoms with Crippen molar-refractivity contribution in [2.24, 2.45) is 11.8 Å². The van der Waals surface area contributed by atoms with Crippen LogP contribution in [0.1, 0.15) is 59.8 Å². The van der Waals surface area contributed by atoms with Crippen LogP contribution in [-0.2, 0) is 0 Å². The van der Waals surface area contributed by atoms with Gasteiger partial charge in [-0.05, 0) is 90.5 Å². The Morgan fingerprint density at radius 3 is 1.89 bits per heavy atom. The first-order valence-electron chi connectivity index (χ1n) is 11.9. The Kier molecular flexibility index (Phi) is 8.43. The number of likely N-dealkylation sites (tertiary alicyclic amines) is 2. The Morgan fingerprint density at radius 2 is 1.33 bits per heavy atom. The van der Waals surface area contributed by atoms with Crippen LogP contribution < -0.4 is 0 Å². The van der Waals surface area contributed by atoms with Crippen molar-refractivity contribution in [2.45, 2.75) is 71.9 Å². The molecule has 3 saturated heterocycles. The lowest BCUT2D eigenvalue weighted by molar-refractivity contribution is 0.0526. The van der Waals surface area contributed by atoms with Crippen molar-refractivity contribution in [2.75, 3.05) is 65.4 Å². The van der Waals surface area contributed by atoms with Gasteiger partial charge < -0.3 is 14.7 Å². The molecule has 0 aliphatic carbocycles. The van der Waals surface area contributed by atoms with E-state index in [-0.39, 0.29) is 0 Å². The van der Waals surface area contributed by atoms with Crippen LogP contribution in [0.4, 0.5) is 0 Å². The van der Waals surface area contributed by atoms with Crippen LogP contribution in [0.5, 0.6) is 0 Å². The Bertz CT molecular complexity index is 401. The fourth-order valence-corrected chi connectivity index (χ4v) is 5.46. The van der Waals surface area contributed by atoms with E-state index in [1.54, 1.807) is 0 Å². The maximum absolute atomic E-state index is 2.81. The SMILES string of the molecule is CC(C)CN1CCC(N2CCN(CCC3CCN(C(C)C)CC3)CC2)CC1. The fraction of sp³-hybridized carbons (Fsp3) is 1.00. The number of hydrogen-bond acceptors (Lipinski definition) is 4. The van der Waals surface area contributed by atoms with Crippen molar-refractivity contribution in [3.8, 4) is 0 Å². The van der Waals surface area contributed by atoms with E-state index >= 15 is 0 Å². The number of nitrogens with zero attached hydrogens (tertiary/aromatic N) is 4. The summed E-state index contributed by atoms with van der Waals surface area (Å²) in [6, 6.07) is 1.59. The summed E-state index contributed by atoms with van der Waals surface area (Å²) in [5.41, 5.74) is 0. The molecule has 0 aromatic carbocycles. The molecule has 3 aliphatic heterocycles. The highest BCUT2D eigenvalue weighted by Crippen LogP contribution is 2.23. The molecule has 27 heavy (non-hydrogen) atoms. The summed E-state index contributed by atoms with van der Waals surface area (Å²) in [6.07, 6.45) is 7.06. The van der Waals surface area contributed by atoms with E-state index < -0.39 is 0 Å². The summed E-state index contributed by atoms with van der Waals surface area (Å²) in [6.45, 7) is 22.5. The zero-order valence-electron chi connectivity index (χ0n) is 18.7. The average molecular weight is 379 g/mol. The molecule has 0 saturated carbocycles. The normalized spacial score (nSPS) is 26.4. The lowest BCUT2D eigenvalue weighted by atomic mass is 9.92. The molecule has 0 aromatic heterocycles. The summed E-state index contributed by atoms with van der Waals surface area (Å²) in [7, 11) is 0. The van der Waals surface area contributed by atoms with Crippen LogP contribution in [0, 0.1) is 11.8 Å². The van der Waals surface area contributed by atoms with Gasteiger partial charge in [0.1, 0.15) is 0 Å². The number of piperazine rings is 1. The maximum Gasteiger partial charge on any atom is 0.0121 e. The Balaban J connectivity index is 1.28. The molecule has 3 fully saturated rings. The second kappa shape index (κ2) is 10.6. The van der Waals surface area contributed by atoms with Crippen LogP contribution >= 0.6 is 0 Å². The molecule has 0 atom stereocenters. The molecule has 3 heterocycles. The van der Waals surface area contributed by atoms with Crippen molar-refractivity contribution < 1.29 is 0 Å². The third-order valence-electron chi connectivity index (χ3n) is 7.34. The van der Waals surface area contributed by atoms with E-state index in [2.05, 4.69) is 47.3 Å². The van der Waals surface area contributed by atoms with Crippen LogP contribution in [-0.4, -0.2) is 97.1 Å². The molecule has 0 aromatic rings. The zero-order chi connectivity index (χ0) is 19.2. The summed E-state index contributed by atoms with van der Waals surface area (Å²) >= 11 is 0. The molecule has 3 rings (SSSR count). The summed E-state index contributed by atoms with van der Waals surface area (Å²) in [4.78, 5) is 10.9. The lowest BCUT2D eigenvalue weighted by Gasteiger charge is -2.43. The van der Waals surface area contributed by atoms with Crippen LogP contribution in [0.25, 0.3) is 0 Å². The molecule has 0 N–H and O–H groups in total. The minimum Gasteiger partial charge on any atom is -0.303 e. The summed E-state index contributed by atoms with van der Waals surface area (Å²) < 4.78 is 0. The third kappa shape index (κ3) is 6.69. The van der Waals surface area contributed by atoms with E-state index in [9.17, 15) is 0 Å². The first kappa shape index (κ1) is 21.5. The highest BCUT2D eigenvalue weighted by molar-refractivity contribution is 4.84. The van der Waals surface area contributed by atoms with Gasteiger partial charge in [0.05, 0.1) is 0 Å². The molecule has 4 heteroatoms. The molecule has 4 nitrogen and oxygen atoms in total. The number of rotatable bonds is 7. The molecule has 0 spiro atoms. The minimum absolute atomic E-state index is 0.733. The standard InChI is InChI=1S/C23H46N4/c1-20(2)19-25-11-8-23(9-12-25)27-17-15-24(16-18-27)10-5-22-6-13-26(14-7-22)21(3)4/h20-23H,5-19H2,1-4H3. The molecular formula is C23H46N4. The largest absolute Gasteiger partial charge is 0.303 e. The van der Waals surface area contributed by atoms with Crippen molar-refractivity contribution in [3.63, 3.8) is 0 Å². The van der Waals surface area contributed by atoms with Gasteiger partial charge in [0.25, 0.3) is 0 Å². The third-order valence-corrected chi connectivity index (χ3v) is 7.34. The van der Waals surface area contributed by atoms with Gasteiger partial charge in [-0.25, -0.2) is 0 Å².